The second-order valence-corrected chi connectivity index (χ2v) is 3.83. The lowest BCUT2D eigenvalue weighted by Crippen LogP contribution is -3.00. The molecule has 0 radical (unpaired) electrons. The van der Waals surface area contributed by atoms with Crippen molar-refractivity contribution in [3.8, 4) is 0 Å². The summed E-state index contributed by atoms with van der Waals surface area (Å²) in [7, 11) is 0. The van der Waals surface area contributed by atoms with Gasteiger partial charge in [0.1, 0.15) is 5.69 Å². The molecule has 94 valence electrons. The molecule has 1 N–H and O–H groups in total. The minimum absolute atomic E-state index is 0. The molecular formula is C14H15IN2O. The molecule has 1 amide bonds. The minimum Gasteiger partial charge on any atom is -1.00 e. The monoisotopic (exact) mass is 354 g/mol. The Labute approximate surface area is 124 Å². The van der Waals surface area contributed by atoms with E-state index in [1.165, 1.54) is 5.56 Å². The first-order valence-corrected chi connectivity index (χ1v) is 5.62. The van der Waals surface area contributed by atoms with E-state index in [1.807, 2.05) is 42.7 Å². The predicted octanol–water partition coefficient (Wildman–Crippen LogP) is -1.21. The number of nitrogens with zero attached hydrogens (tertiary/aromatic N) is 1. The zero-order chi connectivity index (χ0) is 11.9. The van der Waals surface area contributed by atoms with Crippen molar-refractivity contribution in [1.82, 2.24) is 0 Å². The van der Waals surface area contributed by atoms with Gasteiger partial charge in [0.15, 0.2) is 18.9 Å². The Morgan fingerprint density at radius 2 is 1.89 bits per heavy atom. The Kier molecular flexibility index (Phi) is 6.35. The Morgan fingerprint density at radius 1 is 1.11 bits per heavy atom. The first-order chi connectivity index (χ1) is 8.38. The minimum atomic E-state index is 0. The van der Waals surface area contributed by atoms with E-state index in [1.54, 1.807) is 0 Å². The smallest absolute Gasteiger partial charge is 0.211 e. The summed E-state index contributed by atoms with van der Waals surface area (Å²) in [6.07, 6.45) is 5.60. The number of hydrogen-bond donors (Lipinski definition) is 1. The zero-order valence-electron chi connectivity index (χ0n) is 9.92. The third-order valence-electron chi connectivity index (χ3n) is 2.59. The molecule has 0 aliphatic carbocycles. The molecule has 18 heavy (non-hydrogen) atoms. The normalized spacial score (nSPS) is 9.33. The Bertz CT molecular complexity index is 488. The van der Waals surface area contributed by atoms with Crippen molar-refractivity contribution in [2.45, 2.75) is 13.0 Å². The first-order valence-electron chi connectivity index (χ1n) is 5.62. The second-order valence-electron chi connectivity index (χ2n) is 3.83. The molecule has 2 aromatic rings. The van der Waals surface area contributed by atoms with Gasteiger partial charge in [-0.15, -0.1) is 0 Å². The predicted molar refractivity (Wildman–Crippen MR) is 66.5 cm³/mol. The molecule has 0 bridgehead atoms. The maximum absolute atomic E-state index is 10.3. The standard InChI is InChI=1S/C14H14N2O.HI/c17-12-15-14-7-4-9-16(11-14)10-8-13-5-2-1-3-6-13;/h1-7,9,11-12H,8,10H2;1H. The molecule has 0 atom stereocenters. The number of benzene rings is 1. The number of nitrogens with one attached hydrogen (secondary N) is 1. The van der Waals surface area contributed by atoms with E-state index < -0.39 is 0 Å². The molecule has 0 unspecified atom stereocenters. The number of aromatic nitrogens is 1. The summed E-state index contributed by atoms with van der Waals surface area (Å²) in [5.41, 5.74) is 2.13. The van der Waals surface area contributed by atoms with Crippen LogP contribution in [0.25, 0.3) is 0 Å². The Balaban J connectivity index is 0.00000162. The molecule has 1 aromatic heterocycles. The quantitative estimate of drug-likeness (QED) is 0.408. The summed E-state index contributed by atoms with van der Waals surface area (Å²) >= 11 is 0. The fraction of sp³-hybridized carbons (Fsp3) is 0.143. The number of halogens is 1. The van der Waals surface area contributed by atoms with Gasteiger partial charge in [-0.3, -0.25) is 4.79 Å². The van der Waals surface area contributed by atoms with E-state index >= 15 is 0 Å². The van der Waals surface area contributed by atoms with Crippen molar-refractivity contribution in [2.75, 3.05) is 5.32 Å². The molecule has 0 aliphatic rings. The topological polar surface area (TPSA) is 33.0 Å². The number of aryl methyl sites for hydroxylation is 2. The molecule has 0 aliphatic heterocycles. The van der Waals surface area contributed by atoms with Crippen molar-refractivity contribution >= 4 is 12.1 Å². The average Bonchev–Trinajstić information content (AvgIpc) is 2.39. The lowest BCUT2D eigenvalue weighted by Gasteiger charge is -2.00. The molecule has 1 aromatic carbocycles. The van der Waals surface area contributed by atoms with Crippen molar-refractivity contribution in [2.24, 2.45) is 0 Å². The van der Waals surface area contributed by atoms with Gasteiger partial charge in [-0.1, -0.05) is 30.3 Å². The fourth-order valence-corrected chi connectivity index (χ4v) is 1.72. The number of amides is 1. The van der Waals surface area contributed by atoms with Crippen LogP contribution in [0.3, 0.4) is 0 Å². The van der Waals surface area contributed by atoms with Gasteiger partial charge in [-0.2, -0.15) is 0 Å². The highest BCUT2D eigenvalue weighted by Gasteiger charge is 2.02. The molecular weight excluding hydrogens is 339 g/mol. The highest BCUT2D eigenvalue weighted by atomic mass is 127. The van der Waals surface area contributed by atoms with Gasteiger partial charge >= 0.3 is 0 Å². The Hall–Kier alpha value is -1.43. The molecule has 4 heteroatoms. The number of rotatable bonds is 5. The van der Waals surface area contributed by atoms with Gasteiger partial charge in [-0.05, 0) is 11.6 Å². The highest BCUT2D eigenvalue weighted by molar-refractivity contribution is 5.69. The lowest BCUT2D eigenvalue weighted by molar-refractivity contribution is -0.695. The van der Waals surface area contributed by atoms with Gasteiger partial charge < -0.3 is 29.3 Å². The molecule has 2 rings (SSSR count). The zero-order valence-corrected chi connectivity index (χ0v) is 12.1. The Morgan fingerprint density at radius 3 is 2.61 bits per heavy atom. The van der Waals surface area contributed by atoms with E-state index in [2.05, 4.69) is 22.0 Å². The molecule has 0 fully saturated rings. The number of carbonyl (C=O) groups excluding carboxylic acids is 1. The molecule has 0 saturated heterocycles. The molecule has 3 nitrogen and oxygen atoms in total. The van der Waals surface area contributed by atoms with Crippen LogP contribution in [0.5, 0.6) is 0 Å². The van der Waals surface area contributed by atoms with Crippen LogP contribution in [0, 0.1) is 0 Å². The summed E-state index contributed by atoms with van der Waals surface area (Å²) in [6, 6.07) is 14.1. The molecule has 0 saturated carbocycles. The van der Waals surface area contributed by atoms with Crippen LogP contribution in [0.15, 0.2) is 54.9 Å². The third kappa shape index (κ3) is 4.44. The van der Waals surface area contributed by atoms with E-state index in [-0.39, 0.29) is 24.0 Å². The number of hydrogen-bond acceptors (Lipinski definition) is 1. The van der Waals surface area contributed by atoms with Crippen LogP contribution >= 0.6 is 0 Å². The average molecular weight is 354 g/mol. The van der Waals surface area contributed by atoms with Gasteiger partial charge in [0.05, 0.1) is 0 Å². The van der Waals surface area contributed by atoms with Crippen LogP contribution in [0.4, 0.5) is 5.69 Å². The van der Waals surface area contributed by atoms with E-state index in [4.69, 9.17) is 0 Å². The van der Waals surface area contributed by atoms with E-state index in [0.29, 0.717) is 6.41 Å². The molecule has 0 spiro atoms. The van der Waals surface area contributed by atoms with Crippen LogP contribution in [-0.2, 0) is 17.8 Å². The van der Waals surface area contributed by atoms with Gasteiger partial charge in [0.25, 0.3) is 0 Å². The number of anilines is 1. The fourth-order valence-electron chi connectivity index (χ4n) is 1.72. The summed E-state index contributed by atoms with van der Waals surface area (Å²) < 4.78 is 2.07. The molecule has 1 heterocycles. The van der Waals surface area contributed by atoms with Crippen LogP contribution in [-0.4, -0.2) is 6.41 Å². The van der Waals surface area contributed by atoms with Crippen LogP contribution < -0.4 is 33.9 Å². The maximum atomic E-state index is 10.3. The second kappa shape index (κ2) is 7.81. The summed E-state index contributed by atoms with van der Waals surface area (Å²) in [4.78, 5) is 10.3. The third-order valence-corrected chi connectivity index (χ3v) is 2.59. The van der Waals surface area contributed by atoms with Gasteiger partial charge in [-0.25, -0.2) is 4.57 Å². The van der Waals surface area contributed by atoms with Crippen molar-refractivity contribution < 1.29 is 33.3 Å². The SMILES string of the molecule is O=CNc1ccc[n+](CCc2ccccc2)c1.[I-]. The van der Waals surface area contributed by atoms with Gasteiger partial charge in [0, 0.05) is 12.5 Å². The van der Waals surface area contributed by atoms with Crippen molar-refractivity contribution in [3.05, 3.63) is 60.4 Å². The van der Waals surface area contributed by atoms with Crippen molar-refractivity contribution in [3.63, 3.8) is 0 Å². The summed E-state index contributed by atoms with van der Waals surface area (Å²) in [6.45, 7) is 0.901. The van der Waals surface area contributed by atoms with Crippen LogP contribution in [0.2, 0.25) is 0 Å². The van der Waals surface area contributed by atoms with Crippen molar-refractivity contribution in [1.29, 1.82) is 0 Å². The first kappa shape index (κ1) is 14.6. The summed E-state index contributed by atoms with van der Waals surface area (Å²) in [5, 5.41) is 2.64. The van der Waals surface area contributed by atoms with E-state index in [0.717, 1.165) is 18.7 Å². The lowest BCUT2D eigenvalue weighted by atomic mass is 10.1. The highest BCUT2D eigenvalue weighted by Crippen LogP contribution is 2.02. The number of pyridine rings is 1. The maximum Gasteiger partial charge on any atom is 0.211 e. The number of carbonyl (C=O) groups is 1. The van der Waals surface area contributed by atoms with E-state index in [9.17, 15) is 4.79 Å². The van der Waals surface area contributed by atoms with Crippen LogP contribution in [0.1, 0.15) is 5.56 Å². The summed E-state index contributed by atoms with van der Waals surface area (Å²) in [5.74, 6) is 0. The van der Waals surface area contributed by atoms with Gasteiger partial charge in [0.2, 0.25) is 6.41 Å². The largest absolute Gasteiger partial charge is 1.00 e.